The number of nitriles is 1. The molecule has 2 aromatic carbocycles. The number of para-hydroxylation sites is 1. The lowest BCUT2D eigenvalue weighted by Crippen LogP contribution is -2.44. The molecule has 0 radical (unpaired) electrons. The Morgan fingerprint density at radius 2 is 1.97 bits per heavy atom. The van der Waals surface area contributed by atoms with Gasteiger partial charge in [-0.3, -0.25) is 19.1 Å². The Labute approximate surface area is 182 Å². The zero-order chi connectivity index (χ0) is 21.8. The Morgan fingerprint density at radius 1 is 1.19 bits per heavy atom. The van der Waals surface area contributed by atoms with Gasteiger partial charge in [-0.15, -0.1) is 11.8 Å². The maximum Gasteiger partial charge on any atom is 0.248 e. The molecular weight excluding hydrogens is 414 g/mol. The molecular formula is C22H19N5O3S. The van der Waals surface area contributed by atoms with Crippen LogP contribution < -0.4 is 10.7 Å². The average Bonchev–Trinajstić information content (AvgIpc) is 3.29. The van der Waals surface area contributed by atoms with Crippen LogP contribution in [-0.2, 0) is 16.1 Å². The normalized spacial score (nSPS) is 15.6. The Hall–Kier alpha value is -3.64. The molecule has 156 valence electrons. The van der Waals surface area contributed by atoms with E-state index in [0.717, 1.165) is 0 Å². The van der Waals surface area contributed by atoms with Crippen LogP contribution in [0.15, 0.2) is 59.5 Å². The minimum atomic E-state index is -0.563. The zero-order valence-corrected chi connectivity index (χ0v) is 17.3. The van der Waals surface area contributed by atoms with Gasteiger partial charge in [0.25, 0.3) is 0 Å². The summed E-state index contributed by atoms with van der Waals surface area (Å²) >= 11 is 1.53. The highest BCUT2D eigenvalue weighted by atomic mass is 32.2. The predicted octanol–water partition coefficient (Wildman–Crippen LogP) is 2.20. The molecule has 1 aromatic heterocycles. The number of thioether (sulfide) groups is 1. The summed E-state index contributed by atoms with van der Waals surface area (Å²) in [6, 6.07) is 15.2. The van der Waals surface area contributed by atoms with Crippen LogP contribution in [0.2, 0.25) is 0 Å². The standard InChI is InChI=1S/C22H19N5O3S/c23-11-15-5-7-16(8-6-15)25-22(30)19-13-31-14-26(19)21(29)9-10-27-18-4-2-1-3-17(18)20(28)12-24-27/h1-8,12,19H,9-10,13-14H2,(H,25,30). The van der Waals surface area contributed by atoms with Gasteiger partial charge in [-0.2, -0.15) is 10.4 Å². The van der Waals surface area contributed by atoms with E-state index in [2.05, 4.69) is 10.4 Å². The number of benzene rings is 2. The van der Waals surface area contributed by atoms with Crippen LogP contribution in [0.5, 0.6) is 0 Å². The highest BCUT2D eigenvalue weighted by Crippen LogP contribution is 2.23. The van der Waals surface area contributed by atoms with Gasteiger partial charge in [0.15, 0.2) is 0 Å². The van der Waals surface area contributed by atoms with Crippen molar-refractivity contribution in [3.05, 3.63) is 70.5 Å². The van der Waals surface area contributed by atoms with Crippen molar-refractivity contribution in [1.82, 2.24) is 14.7 Å². The minimum Gasteiger partial charge on any atom is -0.324 e. The minimum absolute atomic E-state index is 0.144. The van der Waals surface area contributed by atoms with Gasteiger partial charge in [-0.25, -0.2) is 0 Å². The van der Waals surface area contributed by atoms with Crippen LogP contribution in [0.3, 0.4) is 0 Å². The van der Waals surface area contributed by atoms with Crippen LogP contribution in [0.4, 0.5) is 5.69 Å². The van der Waals surface area contributed by atoms with Crippen LogP contribution in [0.25, 0.3) is 10.9 Å². The number of nitrogens with one attached hydrogen (secondary N) is 1. The fourth-order valence-electron chi connectivity index (χ4n) is 3.44. The van der Waals surface area contributed by atoms with E-state index < -0.39 is 6.04 Å². The number of anilines is 1. The SMILES string of the molecule is N#Cc1ccc(NC(=O)C2CSCN2C(=O)CCn2ncc(=O)c3ccccc32)cc1. The van der Waals surface area contributed by atoms with Crippen molar-refractivity contribution in [2.75, 3.05) is 16.9 Å². The highest BCUT2D eigenvalue weighted by molar-refractivity contribution is 7.99. The summed E-state index contributed by atoms with van der Waals surface area (Å²) in [5, 5.41) is 16.4. The molecule has 1 unspecified atom stereocenters. The quantitative estimate of drug-likeness (QED) is 0.661. The van der Waals surface area contributed by atoms with E-state index in [0.29, 0.717) is 40.3 Å². The summed E-state index contributed by atoms with van der Waals surface area (Å²) in [5.41, 5.74) is 1.61. The second-order valence-corrected chi connectivity index (χ2v) is 8.06. The maximum atomic E-state index is 12.9. The molecule has 1 N–H and O–H groups in total. The molecule has 2 heterocycles. The van der Waals surface area contributed by atoms with Crippen LogP contribution in [0, 0.1) is 11.3 Å². The van der Waals surface area contributed by atoms with Crippen molar-refractivity contribution < 1.29 is 9.59 Å². The summed E-state index contributed by atoms with van der Waals surface area (Å²) in [6.45, 7) is 0.310. The Bertz CT molecular complexity index is 1230. The molecule has 8 nitrogen and oxygen atoms in total. The lowest BCUT2D eigenvalue weighted by molar-refractivity contribution is -0.136. The summed E-state index contributed by atoms with van der Waals surface area (Å²) in [4.78, 5) is 39.1. The lowest BCUT2D eigenvalue weighted by Gasteiger charge is -2.23. The molecule has 2 amide bonds. The van der Waals surface area contributed by atoms with E-state index in [-0.39, 0.29) is 23.7 Å². The van der Waals surface area contributed by atoms with Crippen LogP contribution in [-0.4, -0.2) is 44.2 Å². The number of amides is 2. The summed E-state index contributed by atoms with van der Waals surface area (Å²) < 4.78 is 1.64. The van der Waals surface area contributed by atoms with Crippen molar-refractivity contribution in [3.8, 4) is 6.07 Å². The van der Waals surface area contributed by atoms with Gasteiger partial charge >= 0.3 is 0 Å². The second-order valence-electron chi connectivity index (χ2n) is 7.06. The third kappa shape index (κ3) is 4.44. The third-order valence-electron chi connectivity index (χ3n) is 5.09. The maximum absolute atomic E-state index is 12.9. The molecule has 1 aliphatic heterocycles. The molecule has 1 aliphatic rings. The number of rotatable bonds is 5. The number of carbonyl (C=O) groups is 2. The lowest BCUT2D eigenvalue weighted by atomic mass is 10.2. The molecule has 1 saturated heterocycles. The molecule has 1 atom stereocenters. The van der Waals surface area contributed by atoms with Crippen molar-refractivity contribution in [1.29, 1.82) is 5.26 Å². The van der Waals surface area contributed by atoms with Gasteiger partial charge in [-0.05, 0) is 36.4 Å². The van der Waals surface area contributed by atoms with Crippen molar-refractivity contribution >= 4 is 40.2 Å². The summed E-state index contributed by atoms with van der Waals surface area (Å²) in [6.07, 6.45) is 1.42. The van der Waals surface area contributed by atoms with Gasteiger partial charge in [0.05, 0.1) is 35.8 Å². The van der Waals surface area contributed by atoms with Crippen molar-refractivity contribution in [3.63, 3.8) is 0 Å². The largest absolute Gasteiger partial charge is 0.324 e. The molecule has 0 aliphatic carbocycles. The number of carbonyl (C=O) groups excluding carboxylic acids is 2. The van der Waals surface area contributed by atoms with Crippen LogP contribution >= 0.6 is 11.8 Å². The number of hydrogen-bond acceptors (Lipinski definition) is 6. The fourth-order valence-corrected chi connectivity index (χ4v) is 4.62. The average molecular weight is 433 g/mol. The van der Waals surface area contributed by atoms with Gasteiger partial charge < -0.3 is 10.2 Å². The molecule has 9 heteroatoms. The van der Waals surface area contributed by atoms with Crippen molar-refractivity contribution in [2.24, 2.45) is 0 Å². The topological polar surface area (TPSA) is 108 Å². The predicted molar refractivity (Wildman–Crippen MR) is 118 cm³/mol. The van der Waals surface area contributed by atoms with Gasteiger partial charge in [0, 0.05) is 23.2 Å². The van der Waals surface area contributed by atoms with E-state index in [1.54, 1.807) is 52.0 Å². The van der Waals surface area contributed by atoms with E-state index in [1.165, 1.54) is 18.0 Å². The molecule has 0 saturated carbocycles. The van der Waals surface area contributed by atoms with E-state index >= 15 is 0 Å². The van der Waals surface area contributed by atoms with E-state index in [1.807, 2.05) is 12.1 Å². The summed E-state index contributed by atoms with van der Waals surface area (Å²) in [7, 11) is 0. The smallest absolute Gasteiger partial charge is 0.248 e. The number of aryl methyl sites for hydroxylation is 1. The van der Waals surface area contributed by atoms with Crippen molar-refractivity contribution in [2.45, 2.75) is 19.0 Å². The molecule has 4 rings (SSSR count). The molecule has 3 aromatic rings. The number of nitrogens with zero attached hydrogens (tertiary/aromatic N) is 4. The monoisotopic (exact) mass is 433 g/mol. The Morgan fingerprint density at radius 3 is 2.74 bits per heavy atom. The first-order valence-corrected chi connectivity index (χ1v) is 10.9. The first-order valence-electron chi connectivity index (χ1n) is 9.70. The Kier molecular flexibility index (Phi) is 6.00. The van der Waals surface area contributed by atoms with Crippen LogP contribution in [0.1, 0.15) is 12.0 Å². The third-order valence-corrected chi connectivity index (χ3v) is 6.10. The number of fused-ring (bicyclic) bond motifs is 1. The highest BCUT2D eigenvalue weighted by Gasteiger charge is 2.34. The second kappa shape index (κ2) is 9.02. The number of aromatic nitrogens is 2. The zero-order valence-electron chi connectivity index (χ0n) is 16.5. The van der Waals surface area contributed by atoms with E-state index in [9.17, 15) is 14.4 Å². The van der Waals surface area contributed by atoms with Gasteiger partial charge in [0.2, 0.25) is 17.2 Å². The molecule has 0 bridgehead atoms. The summed E-state index contributed by atoms with van der Waals surface area (Å²) in [5.74, 6) is 0.569. The first-order chi connectivity index (χ1) is 15.1. The Balaban J connectivity index is 1.42. The van der Waals surface area contributed by atoms with Gasteiger partial charge in [0.1, 0.15) is 6.04 Å². The molecule has 1 fully saturated rings. The first kappa shape index (κ1) is 20.6. The van der Waals surface area contributed by atoms with E-state index in [4.69, 9.17) is 5.26 Å². The van der Waals surface area contributed by atoms with Gasteiger partial charge in [-0.1, -0.05) is 12.1 Å². The number of hydrogen-bond donors (Lipinski definition) is 1. The fraction of sp³-hybridized carbons (Fsp3) is 0.227. The molecule has 0 spiro atoms. The molecule has 31 heavy (non-hydrogen) atoms.